The summed E-state index contributed by atoms with van der Waals surface area (Å²) >= 11 is 0. The molecule has 1 saturated heterocycles. The number of likely N-dealkylation sites (tertiary alicyclic amines) is 1. The van der Waals surface area contributed by atoms with Gasteiger partial charge in [0, 0.05) is 19.5 Å². The zero-order chi connectivity index (χ0) is 14.3. The van der Waals surface area contributed by atoms with Crippen molar-refractivity contribution in [1.82, 2.24) is 4.90 Å². The highest BCUT2D eigenvalue weighted by Crippen LogP contribution is 2.49. The molecule has 108 valence electrons. The largest absolute Gasteiger partial charge is 0.481 e. The van der Waals surface area contributed by atoms with Gasteiger partial charge in [0.2, 0.25) is 5.91 Å². The number of carbonyl (C=O) groups excluding carboxylic acids is 1. The molecule has 1 heterocycles. The molecule has 4 nitrogen and oxygen atoms in total. The van der Waals surface area contributed by atoms with Crippen LogP contribution in [0.2, 0.25) is 0 Å². The van der Waals surface area contributed by atoms with Gasteiger partial charge in [-0.1, -0.05) is 27.2 Å². The number of fused-ring (bicyclic) bond motifs is 1. The first-order valence-electron chi connectivity index (χ1n) is 7.26. The second-order valence-corrected chi connectivity index (χ2v) is 7.39. The molecule has 0 radical (unpaired) electrons. The Morgan fingerprint density at radius 1 is 1.37 bits per heavy atom. The maximum Gasteiger partial charge on any atom is 0.311 e. The van der Waals surface area contributed by atoms with E-state index in [0.717, 1.165) is 25.7 Å². The maximum absolute atomic E-state index is 12.2. The van der Waals surface area contributed by atoms with Crippen molar-refractivity contribution in [1.29, 1.82) is 0 Å². The van der Waals surface area contributed by atoms with Gasteiger partial charge in [-0.05, 0) is 30.6 Å². The second kappa shape index (κ2) is 4.80. The lowest BCUT2D eigenvalue weighted by Crippen LogP contribution is -2.37. The number of amides is 1. The number of carboxylic acids is 1. The Labute approximate surface area is 115 Å². The highest BCUT2D eigenvalue weighted by atomic mass is 16.4. The molecule has 0 bridgehead atoms. The zero-order valence-electron chi connectivity index (χ0n) is 12.2. The second-order valence-electron chi connectivity index (χ2n) is 7.39. The van der Waals surface area contributed by atoms with Crippen molar-refractivity contribution in [3.05, 3.63) is 0 Å². The summed E-state index contributed by atoms with van der Waals surface area (Å²) in [4.78, 5) is 25.6. The summed E-state index contributed by atoms with van der Waals surface area (Å²) < 4.78 is 0. The van der Waals surface area contributed by atoms with Crippen molar-refractivity contribution in [3.8, 4) is 0 Å². The molecule has 2 fully saturated rings. The van der Waals surface area contributed by atoms with Crippen molar-refractivity contribution in [3.63, 3.8) is 0 Å². The minimum Gasteiger partial charge on any atom is -0.481 e. The third-order valence-electron chi connectivity index (χ3n) is 4.74. The van der Waals surface area contributed by atoms with Crippen LogP contribution in [0.4, 0.5) is 0 Å². The van der Waals surface area contributed by atoms with Crippen LogP contribution in [-0.2, 0) is 9.59 Å². The molecule has 1 aliphatic heterocycles. The quantitative estimate of drug-likeness (QED) is 0.855. The summed E-state index contributed by atoms with van der Waals surface area (Å²) in [6, 6.07) is 0. The zero-order valence-corrected chi connectivity index (χ0v) is 12.2. The molecular weight excluding hydrogens is 242 g/mol. The van der Waals surface area contributed by atoms with Crippen molar-refractivity contribution in [2.75, 3.05) is 13.1 Å². The molecular formula is C15H25NO3. The van der Waals surface area contributed by atoms with Crippen LogP contribution in [0.5, 0.6) is 0 Å². The van der Waals surface area contributed by atoms with E-state index in [0.29, 0.717) is 19.5 Å². The summed E-state index contributed by atoms with van der Waals surface area (Å²) in [6.07, 6.45) is 4.06. The molecule has 0 aromatic rings. The van der Waals surface area contributed by atoms with Gasteiger partial charge in [0.15, 0.2) is 0 Å². The molecule has 1 aliphatic carbocycles. The monoisotopic (exact) mass is 267 g/mol. The molecule has 0 aromatic heterocycles. The molecule has 2 aliphatic rings. The lowest BCUT2D eigenvalue weighted by atomic mass is 9.81. The topological polar surface area (TPSA) is 57.6 Å². The van der Waals surface area contributed by atoms with Crippen LogP contribution in [0, 0.1) is 16.7 Å². The molecule has 4 heteroatoms. The number of hydrogen-bond donors (Lipinski definition) is 1. The Morgan fingerprint density at radius 3 is 2.58 bits per heavy atom. The molecule has 1 saturated carbocycles. The Morgan fingerprint density at radius 2 is 2.05 bits per heavy atom. The van der Waals surface area contributed by atoms with Gasteiger partial charge in [-0.15, -0.1) is 0 Å². The maximum atomic E-state index is 12.2. The van der Waals surface area contributed by atoms with Crippen molar-refractivity contribution < 1.29 is 14.7 Å². The Balaban J connectivity index is 1.98. The molecule has 2 atom stereocenters. The minimum absolute atomic E-state index is 0.130. The van der Waals surface area contributed by atoms with Crippen molar-refractivity contribution in [2.45, 2.75) is 52.9 Å². The van der Waals surface area contributed by atoms with E-state index in [2.05, 4.69) is 20.8 Å². The van der Waals surface area contributed by atoms with Crippen LogP contribution in [0.3, 0.4) is 0 Å². The van der Waals surface area contributed by atoms with Crippen LogP contribution >= 0.6 is 0 Å². The van der Waals surface area contributed by atoms with Gasteiger partial charge in [-0.2, -0.15) is 0 Å². The van der Waals surface area contributed by atoms with E-state index in [4.69, 9.17) is 0 Å². The van der Waals surface area contributed by atoms with E-state index < -0.39 is 11.4 Å². The highest BCUT2D eigenvalue weighted by molar-refractivity contribution is 5.81. The van der Waals surface area contributed by atoms with E-state index in [9.17, 15) is 14.7 Å². The fraction of sp³-hybridized carbons (Fsp3) is 0.867. The van der Waals surface area contributed by atoms with Crippen LogP contribution in [0.1, 0.15) is 52.9 Å². The van der Waals surface area contributed by atoms with Crippen LogP contribution in [0.15, 0.2) is 0 Å². The normalized spacial score (nSPS) is 30.5. The third kappa shape index (κ3) is 2.77. The lowest BCUT2D eigenvalue weighted by molar-refractivity contribution is -0.149. The minimum atomic E-state index is -0.707. The summed E-state index contributed by atoms with van der Waals surface area (Å²) in [5, 5.41) is 9.49. The van der Waals surface area contributed by atoms with Gasteiger partial charge in [0.05, 0.1) is 5.41 Å². The number of nitrogens with zero attached hydrogens (tertiary/aromatic N) is 1. The van der Waals surface area contributed by atoms with Crippen LogP contribution < -0.4 is 0 Å². The SMILES string of the molecule is CC(C)(C)CCC(=O)N1C[C@@H]2CCC[C@@]2(C(=O)O)C1. The predicted molar refractivity (Wildman–Crippen MR) is 72.7 cm³/mol. The van der Waals surface area contributed by atoms with Gasteiger partial charge in [0.1, 0.15) is 0 Å². The predicted octanol–water partition coefficient (Wildman–Crippen LogP) is 2.53. The van der Waals surface area contributed by atoms with E-state index in [1.807, 2.05) is 0 Å². The molecule has 0 spiro atoms. The molecule has 1 amide bonds. The molecule has 1 N–H and O–H groups in total. The summed E-state index contributed by atoms with van der Waals surface area (Å²) in [7, 11) is 0. The van der Waals surface area contributed by atoms with E-state index in [-0.39, 0.29) is 17.2 Å². The number of rotatable bonds is 3. The van der Waals surface area contributed by atoms with Crippen LogP contribution in [0.25, 0.3) is 0 Å². The van der Waals surface area contributed by atoms with Crippen molar-refractivity contribution >= 4 is 11.9 Å². The summed E-state index contributed by atoms with van der Waals surface area (Å²) in [6.45, 7) is 7.44. The van der Waals surface area contributed by atoms with E-state index in [1.54, 1.807) is 4.90 Å². The van der Waals surface area contributed by atoms with E-state index >= 15 is 0 Å². The van der Waals surface area contributed by atoms with Crippen molar-refractivity contribution in [2.24, 2.45) is 16.7 Å². The molecule has 19 heavy (non-hydrogen) atoms. The standard InChI is InChI=1S/C15H25NO3/c1-14(2,3)8-6-12(17)16-9-11-5-4-7-15(11,10-16)13(18)19/h11H,4-10H2,1-3H3,(H,18,19)/t11-,15+/m0/s1. The lowest BCUT2D eigenvalue weighted by Gasteiger charge is -2.24. The summed E-state index contributed by atoms with van der Waals surface area (Å²) in [5.74, 6) is -0.408. The number of hydrogen-bond acceptors (Lipinski definition) is 2. The van der Waals surface area contributed by atoms with E-state index in [1.165, 1.54) is 0 Å². The van der Waals surface area contributed by atoms with Gasteiger partial charge in [-0.25, -0.2) is 0 Å². The molecule has 0 unspecified atom stereocenters. The van der Waals surface area contributed by atoms with Crippen LogP contribution in [-0.4, -0.2) is 35.0 Å². The first-order chi connectivity index (χ1) is 8.74. The van der Waals surface area contributed by atoms with Gasteiger partial charge < -0.3 is 10.0 Å². The molecule has 0 aromatic carbocycles. The summed E-state index contributed by atoms with van der Waals surface area (Å²) in [5.41, 5.74) is -0.493. The first-order valence-corrected chi connectivity index (χ1v) is 7.26. The third-order valence-corrected chi connectivity index (χ3v) is 4.74. The Bertz CT molecular complexity index is 385. The fourth-order valence-electron chi connectivity index (χ4n) is 3.47. The number of aliphatic carboxylic acids is 1. The fourth-order valence-corrected chi connectivity index (χ4v) is 3.47. The number of carboxylic acid groups (broad SMARTS) is 1. The average molecular weight is 267 g/mol. The number of carbonyl (C=O) groups is 2. The van der Waals surface area contributed by atoms with Gasteiger partial charge >= 0.3 is 5.97 Å². The average Bonchev–Trinajstić information content (AvgIpc) is 2.81. The molecule has 2 rings (SSSR count). The Kier molecular flexibility index (Phi) is 3.63. The highest BCUT2D eigenvalue weighted by Gasteiger charge is 2.55. The first kappa shape index (κ1) is 14.4. The Hall–Kier alpha value is -1.06. The smallest absolute Gasteiger partial charge is 0.311 e. The van der Waals surface area contributed by atoms with Gasteiger partial charge in [-0.3, -0.25) is 9.59 Å². The van der Waals surface area contributed by atoms with Gasteiger partial charge in [0.25, 0.3) is 0 Å².